The number of ether oxygens (including phenoxy) is 1. The third-order valence-corrected chi connectivity index (χ3v) is 6.57. The second-order valence-electron chi connectivity index (χ2n) is 6.72. The molecule has 3 aromatic rings. The van der Waals surface area contributed by atoms with Gasteiger partial charge >= 0.3 is 6.36 Å². The predicted molar refractivity (Wildman–Crippen MR) is 120 cm³/mol. The number of rotatable bonds is 8. The number of phenolic OH excluding ortho intramolecular Hbond substituents is 1. The number of thioether (sulfide) groups is 1. The largest absolute Gasteiger partial charge is 0.573 e. The fourth-order valence-corrected chi connectivity index (χ4v) is 4.51. The van der Waals surface area contributed by atoms with Crippen LogP contribution in [-0.4, -0.2) is 36.5 Å². The maximum Gasteiger partial charge on any atom is 0.573 e. The van der Waals surface area contributed by atoms with Gasteiger partial charge in [0.15, 0.2) is 5.78 Å². The highest BCUT2D eigenvalue weighted by Crippen LogP contribution is 2.25. The third kappa shape index (κ3) is 6.75. The molecule has 0 atom stereocenters. The van der Waals surface area contributed by atoms with Crippen LogP contribution in [0.25, 0.3) is 0 Å². The number of benzene rings is 3. The number of sulfonamides is 1. The standard InChI is InChI=1S/C22H16F3NO6S2/c23-22(24,25)32-16-9-11-17(12-10-16)34(30,31)26-15-7-5-14(6-8-15)20(28)13-33-21(29)18-3-1-2-4-19(18)27/h1-12,26-27H,13H2. The summed E-state index contributed by atoms with van der Waals surface area (Å²) in [4.78, 5) is 24.2. The minimum absolute atomic E-state index is 0.0862. The van der Waals surface area contributed by atoms with Gasteiger partial charge in [-0.2, -0.15) is 0 Å². The normalized spacial score (nSPS) is 11.6. The Bertz CT molecular complexity index is 1290. The van der Waals surface area contributed by atoms with Gasteiger partial charge in [-0.15, -0.1) is 13.2 Å². The minimum atomic E-state index is -4.90. The fraction of sp³-hybridized carbons (Fsp3) is 0.0909. The molecule has 3 aromatic carbocycles. The van der Waals surface area contributed by atoms with E-state index in [1.807, 2.05) is 0 Å². The third-order valence-electron chi connectivity index (χ3n) is 4.29. The summed E-state index contributed by atoms with van der Waals surface area (Å²) in [5, 5.41) is 9.23. The lowest BCUT2D eigenvalue weighted by atomic mass is 10.1. The Labute approximate surface area is 196 Å². The smallest absolute Gasteiger partial charge is 0.507 e. The molecular formula is C22H16F3NO6S2. The second kappa shape index (κ2) is 10.2. The van der Waals surface area contributed by atoms with Crippen LogP contribution in [0.2, 0.25) is 0 Å². The molecule has 12 heteroatoms. The maximum atomic E-state index is 12.5. The molecule has 0 radical (unpaired) electrons. The van der Waals surface area contributed by atoms with Crippen molar-refractivity contribution in [2.45, 2.75) is 11.3 Å². The first kappa shape index (κ1) is 25.1. The molecule has 3 rings (SSSR count). The monoisotopic (exact) mass is 511 g/mol. The van der Waals surface area contributed by atoms with E-state index >= 15 is 0 Å². The highest BCUT2D eigenvalue weighted by Gasteiger charge is 2.31. The molecule has 0 saturated heterocycles. The lowest BCUT2D eigenvalue weighted by molar-refractivity contribution is -0.274. The number of anilines is 1. The molecule has 7 nitrogen and oxygen atoms in total. The number of aromatic hydroxyl groups is 1. The van der Waals surface area contributed by atoms with E-state index in [0.717, 1.165) is 36.0 Å². The lowest BCUT2D eigenvalue weighted by Gasteiger charge is -2.11. The van der Waals surface area contributed by atoms with Crippen LogP contribution in [-0.2, 0) is 10.0 Å². The number of halogens is 3. The molecule has 0 aliphatic rings. The summed E-state index contributed by atoms with van der Waals surface area (Å²) in [5.74, 6) is -1.33. The summed E-state index contributed by atoms with van der Waals surface area (Å²) >= 11 is 0.722. The Hall–Kier alpha value is -3.51. The number of nitrogens with one attached hydrogen (secondary N) is 1. The molecule has 0 fully saturated rings. The molecule has 0 saturated carbocycles. The van der Waals surface area contributed by atoms with Gasteiger partial charge in [0.1, 0.15) is 11.5 Å². The van der Waals surface area contributed by atoms with E-state index in [-0.39, 0.29) is 39.0 Å². The predicted octanol–water partition coefficient (Wildman–Crippen LogP) is 4.85. The molecule has 0 aliphatic carbocycles. The van der Waals surface area contributed by atoms with E-state index in [0.29, 0.717) is 0 Å². The van der Waals surface area contributed by atoms with Gasteiger partial charge in [-0.1, -0.05) is 23.9 Å². The van der Waals surface area contributed by atoms with Crippen LogP contribution in [0, 0.1) is 0 Å². The van der Waals surface area contributed by atoms with E-state index in [1.165, 1.54) is 36.4 Å². The summed E-state index contributed by atoms with van der Waals surface area (Å²) < 4.78 is 67.6. The van der Waals surface area contributed by atoms with Gasteiger partial charge in [0, 0.05) is 11.3 Å². The van der Waals surface area contributed by atoms with Crippen molar-refractivity contribution in [2.24, 2.45) is 0 Å². The van der Waals surface area contributed by atoms with Crippen LogP contribution in [0.3, 0.4) is 0 Å². The quantitative estimate of drug-likeness (QED) is 0.416. The SMILES string of the molecule is O=C(CSC(=O)c1ccccc1O)c1ccc(NS(=O)(=O)c2ccc(OC(F)(F)F)cc2)cc1. The van der Waals surface area contributed by atoms with Gasteiger partial charge in [-0.3, -0.25) is 14.3 Å². The number of carbonyl (C=O) groups excluding carboxylic acids is 2. The number of phenols is 1. The summed E-state index contributed by atoms with van der Waals surface area (Å²) in [7, 11) is -4.11. The molecule has 2 N–H and O–H groups in total. The topological polar surface area (TPSA) is 110 Å². The fourth-order valence-electron chi connectivity index (χ4n) is 2.70. The van der Waals surface area contributed by atoms with Crippen molar-refractivity contribution < 1.29 is 41.0 Å². The van der Waals surface area contributed by atoms with Crippen LogP contribution in [0.1, 0.15) is 20.7 Å². The van der Waals surface area contributed by atoms with Gasteiger partial charge in [0.05, 0.1) is 16.2 Å². The van der Waals surface area contributed by atoms with E-state index in [4.69, 9.17) is 0 Å². The van der Waals surface area contributed by atoms with E-state index in [1.54, 1.807) is 12.1 Å². The van der Waals surface area contributed by atoms with Crippen molar-refractivity contribution >= 4 is 38.4 Å². The van der Waals surface area contributed by atoms with Crippen LogP contribution in [0.15, 0.2) is 77.7 Å². The molecule has 178 valence electrons. The first-order valence-corrected chi connectivity index (χ1v) is 11.9. The summed E-state index contributed by atoms with van der Waals surface area (Å²) in [6, 6.07) is 15.0. The molecule has 0 heterocycles. The number of hydrogen-bond donors (Lipinski definition) is 2. The molecule has 0 aliphatic heterocycles. The number of ketones is 1. The van der Waals surface area contributed by atoms with Crippen molar-refractivity contribution in [2.75, 3.05) is 10.5 Å². The highest BCUT2D eigenvalue weighted by molar-refractivity contribution is 8.14. The van der Waals surface area contributed by atoms with E-state index in [9.17, 15) is 36.3 Å². The summed E-state index contributed by atoms with van der Waals surface area (Å²) in [5.41, 5.74) is 0.433. The van der Waals surface area contributed by atoms with Gasteiger partial charge in [0.2, 0.25) is 5.12 Å². The van der Waals surface area contributed by atoms with Gasteiger partial charge in [0.25, 0.3) is 10.0 Å². The van der Waals surface area contributed by atoms with Crippen molar-refractivity contribution in [1.29, 1.82) is 0 Å². The van der Waals surface area contributed by atoms with Crippen LogP contribution >= 0.6 is 11.8 Å². The van der Waals surface area contributed by atoms with Crippen molar-refractivity contribution in [3.8, 4) is 11.5 Å². The molecule has 0 bridgehead atoms. The average molecular weight is 511 g/mol. The first-order valence-electron chi connectivity index (χ1n) is 9.42. The number of hydrogen-bond acceptors (Lipinski definition) is 7. The number of carbonyl (C=O) groups is 2. The number of Topliss-reactive ketones (excluding diaryl/α,β-unsaturated/α-hetero) is 1. The maximum absolute atomic E-state index is 12.5. The van der Waals surface area contributed by atoms with Gasteiger partial charge in [-0.05, 0) is 60.7 Å². The van der Waals surface area contributed by atoms with Crippen LogP contribution < -0.4 is 9.46 Å². The Morgan fingerprint density at radius 3 is 2.15 bits per heavy atom. The van der Waals surface area contributed by atoms with E-state index < -0.39 is 27.3 Å². The Morgan fingerprint density at radius 1 is 0.941 bits per heavy atom. The second-order valence-corrected chi connectivity index (χ2v) is 9.35. The van der Waals surface area contributed by atoms with Gasteiger partial charge in [-0.25, -0.2) is 8.42 Å². The molecule has 0 amide bonds. The summed E-state index contributed by atoms with van der Waals surface area (Å²) in [6.07, 6.45) is -4.90. The zero-order chi connectivity index (χ0) is 24.9. The molecule has 0 unspecified atom stereocenters. The zero-order valence-corrected chi connectivity index (χ0v) is 18.7. The molecular weight excluding hydrogens is 495 g/mol. The summed E-state index contributed by atoms with van der Waals surface area (Å²) in [6.45, 7) is 0. The van der Waals surface area contributed by atoms with Crippen LogP contribution in [0.5, 0.6) is 11.5 Å². The van der Waals surface area contributed by atoms with Crippen molar-refractivity contribution in [1.82, 2.24) is 0 Å². The van der Waals surface area contributed by atoms with Crippen molar-refractivity contribution in [3.63, 3.8) is 0 Å². The molecule has 0 aromatic heterocycles. The number of para-hydroxylation sites is 1. The Balaban J connectivity index is 1.61. The van der Waals surface area contributed by atoms with E-state index in [2.05, 4.69) is 9.46 Å². The highest BCUT2D eigenvalue weighted by atomic mass is 32.2. The lowest BCUT2D eigenvalue weighted by Crippen LogP contribution is -2.17. The zero-order valence-electron chi connectivity index (χ0n) is 17.1. The van der Waals surface area contributed by atoms with Crippen molar-refractivity contribution in [3.05, 3.63) is 83.9 Å². The Morgan fingerprint density at radius 2 is 1.56 bits per heavy atom. The first-order chi connectivity index (χ1) is 15.9. The van der Waals surface area contributed by atoms with Gasteiger partial charge < -0.3 is 9.84 Å². The Kier molecular flexibility index (Phi) is 7.52. The number of alkyl halides is 3. The minimum Gasteiger partial charge on any atom is -0.507 e. The molecule has 0 spiro atoms. The van der Waals surface area contributed by atoms with Crippen LogP contribution in [0.4, 0.5) is 18.9 Å². The molecule has 34 heavy (non-hydrogen) atoms. The average Bonchev–Trinajstić information content (AvgIpc) is 2.77.